The van der Waals surface area contributed by atoms with Gasteiger partial charge in [-0.05, 0) is 57.3 Å². The minimum Gasteiger partial charge on any atom is -0.480 e. The standard InChI is InChI=1S/C16H25N3O3S/c1-22-15-14(7-5-10-17-15)23(20,21)18-16(8-6-9-16)13-19-11-3-2-4-12-19/h5,7,10,18H,2-4,6,8-9,11-13H2,1H3. The highest BCUT2D eigenvalue weighted by Crippen LogP contribution is 2.35. The van der Waals surface area contributed by atoms with E-state index in [1.807, 2.05) is 0 Å². The summed E-state index contributed by atoms with van der Waals surface area (Å²) in [4.78, 5) is 6.51. The molecule has 0 atom stereocenters. The number of hydrogen-bond acceptors (Lipinski definition) is 5. The molecule has 1 aromatic heterocycles. The average Bonchev–Trinajstić information content (AvgIpc) is 2.53. The van der Waals surface area contributed by atoms with Crippen LogP contribution in [0.4, 0.5) is 0 Å². The zero-order chi connectivity index (χ0) is 16.3. The van der Waals surface area contributed by atoms with Crippen LogP contribution in [0.2, 0.25) is 0 Å². The van der Waals surface area contributed by atoms with Crippen LogP contribution >= 0.6 is 0 Å². The van der Waals surface area contributed by atoms with Gasteiger partial charge in [-0.3, -0.25) is 0 Å². The molecule has 7 heteroatoms. The second-order valence-electron chi connectivity index (χ2n) is 6.59. The Kier molecular flexibility index (Phi) is 4.89. The van der Waals surface area contributed by atoms with Crippen molar-refractivity contribution >= 4 is 10.0 Å². The van der Waals surface area contributed by atoms with Gasteiger partial charge in [0.1, 0.15) is 4.90 Å². The topological polar surface area (TPSA) is 71.5 Å². The minimum absolute atomic E-state index is 0.118. The Morgan fingerprint density at radius 1 is 1.26 bits per heavy atom. The quantitative estimate of drug-likeness (QED) is 0.855. The number of rotatable bonds is 6. The fourth-order valence-corrected chi connectivity index (χ4v) is 5.09. The summed E-state index contributed by atoms with van der Waals surface area (Å²) < 4.78 is 33.7. The summed E-state index contributed by atoms with van der Waals surface area (Å²) in [5, 5.41) is 0. The number of hydrogen-bond donors (Lipinski definition) is 1. The van der Waals surface area contributed by atoms with Crippen LogP contribution in [0.1, 0.15) is 38.5 Å². The van der Waals surface area contributed by atoms with E-state index in [0.717, 1.165) is 38.9 Å². The van der Waals surface area contributed by atoms with Crippen molar-refractivity contribution in [1.82, 2.24) is 14.6 Å². The van der Waals surface area contributed by atoms with Crippen LogP contribution in [0.25, 0.3) is 0 Å². The zero-order valence-corrected chi connectivity index (χ0v) is 14.4. The Morgan fingerprint density at radius 2 is 2.00 bits per heavy atom. The van der Waals surface area contributed by atoms with Gasteiger partial charge in [-0.25, -0.2) is 18.1 Å². The maximum Gasteiger partial charge on any atom is 0.246 e. The molecule has 0 radical (unpaired) electrons. The lowest BCUT2D eigenvalue weighted by Crippen LogP contribution is -2.60. The summed E-state index contributed by atoms with van der Waals surface area (Å²) in [5.74, 6) is 0.146. The van der Waals surface area contributed by atoms with Crippen molar-refractivity contribution in [2.45, 2.75) is 49.0 Å². The summed E-state index contributed by atoms with van der Waals surface area (Å²) in [7, 11) is -2.20. The molecule has 1 aliphatic carbocycles. The second-order valence-corrected chi connectivity index (χ2v) is 8.24. The summed E-state index contributed by atoms with van der Waals surface area (Å²) >= 11 is 0. The first-order chi connectivity index (χ1) is 11.0. The van der Waals surface area contributed by atoms with Gasteiger partial charge in [-0.1, -0.05) is 6.42 Å². The maximum absolute atomic E-state index is 12.8. The van der Waals surface area contributed by atoms with Gasteiger partial charge in [0.25, 0.3) is 0 Å². The number of methoxy groups -OCH3 is 1. The lowest BCUT2D eigenvalue weighted by atomic mass is 9.77. The monoisotopic (exact) mass is 339 g/mol. The van der Waals surface area contributed by atoms with E-state index in [1.165, 1.54) is 32.6 Å². The molecule has 0 amide bonds. The number of nitrogens with zero attached hydrogens (tertiary/aromatic N) is 2. The van der Waals surface area contributed by atoms with Gasteiger partial charge < -0.3 is 9.64 Å². The maximum atomic E-state index is 12.8. The van der Waals surface area contributed by atoms with E-state index >= 15 is 0 Å². The molecule has 0 bridgehead atoms. The van der Waals surface area contributed by atoms with E-state index in [2.05, 4.69) is 14.6 Å². The fourth-order valence-electron chi connectivity index (χ4n) is 3.52. The molecule has 1 saturated heterocycles. The summed E-state index contributed by atoms with van der Waals surface area (Å²) in [6, 6.07) is 3.16. The molecule has 23 heavy (non-hydrogen) atoms. The van der Waals surface area contributed by atoms with Gasteiger partial charge >= 0.3 is 0 Å². The molecule has 1 aromatic rings. The van der Waals surface area contributed by atoms with Gasteiger partial charge in [0.05, 0.1) is 7.11 Å². The number of sulfonamides is 1. The summed E-state index contributed by atoms with van der Waals surface area (Å²) in [5.41, 5.74) is -0.336. The summed E-state index contributed by atoms with van der Waals surface area (Å²) in [6.07, 6.45) is 8.09. The number of nitrogens with one attached hydrogen (secondary N) is 1. The first-order valence-electron chi connectivity index (χ1n) is 8.30. The van der Waals surface area contributed by atoms with Crippen LogP contribution in [0.15, 0.2) is 23.2 Å². The molecule has 1 aliphatic heterocycles. The van der Waals surface area contributed by atoms with Crippen LogP contribution in [0.5, 0.6) is 5.88 Å². The predicted octanol–water partition coefficient (Wildman–Crippen LogP) is 1.78. The molecule has 3 rings (SSSR count). The van der Waals surface area contributed by atoms with Crippen molar-refractivity contribution in [3.63, 3.8) is 0 Å². The third-order valence-corrected chi connectivity index (χ3v) is 6.45. The Bertz CT molecular complexity index is 638. The Morgan fingerprint density at radius 3 is 2.61 bits per heavy atom. The van der Waals surface area contributed by atoms with Crippen LogP contribution in [0, 0.1) is 0 Å². The highest BCUT2D eigenvalue weighted by atomic mass is 32.2. The summed E-state index contributed by atoms with van der Waals surface area (Å²) in [6.45, 7) is 2.94. The second kappa shape index (κ2) is 6.75. The van der Waals surface area contributed by atoms with E-state index in [0.29, 0.717) is 0 Å². The minimum atomic E-state index is -3.64. The molecule has 2 fully saturated rings. The average molecular weight is 339 g/mol. The molecule has 0 unspecified atom stereocenters. The van der Waals surface area contributed by atoms with E-state index in [-0.39, 0.29) is 16.3 Å². The van der Waals surface area contributed by atoms with Crippen LogP contribution in [0.3, 0.4) is 0 Å². The largest absolute Gasteiger partial charge is 0.480 e. The van der Waals surface area contributed by atoms with Crippen molar-refractivity contribution in [2.24, 2.45) is 0 Å². The van der Waals surface area contributed by atoms with Crippen molar-refractivity contribution in [3.05, 3.63) is 18.3 Å². The van der Waals surface area contributed by atoms with Crippen molar-refractivity contribution < 1.29 is 13.2 Å². The number of ether oxygens (including phenoxy) is 1. The van der Waals surface area contributed by atoms with Gasteiger partial charge in [0.15, 0.2) is 0 Å². The molecule has 1 N–H and O–H groups in total. The predicted molar refractivity (Wildman–Crippen MR) is 88.0 cm³/mol. The Labute approximate surface area is 138 Å². The number of likely N-dealkylation sites (tertiary alicyclic amines) is 1. The molecular formula is C16H25N3O3S. The lowest BCUT2D eigenvalue weighted by molar-refractivity contribution is 0.115. The smallest absolute Gasteiger partial charge is 0.246 e. The molecule has 6 nitrogen and oxygen atoms in total. The van der Waals surface area contributed by atoms with Gasteiger partial charge in [-0.15, -0.1) is 0 Å². The molecule has 128 valence electrons. The number of aromatic nitrogens is 1. The number of piperidine rings is 1. The molecule has 2 heterocycles. The zero-order valence-electron chi connectivity index (χ0n) is 13.6. The number of pyridine rings is 1. The normalized spacial score (nSPS) is 21.6. The van der Waals surface area contributed by atoms with E-state index in [4.69, 9.17) is 4.74 Å². The molecular weight excluding hydrogens is 314 g/mol. The lowest BCUT2D eigenvalue weighted by Gasteiger charge is -2.46. The highest BCUT2D eigenvalue weighted by Gasteiger charge is 2.42. The van der Waals surface area contributed by atoms with Crippen molar-refractivity contribution in [1.29, 1.82) is 0 Å². The molecule has 1 saturated carbocycles. The van der Waals surface area contributed by atoms with Gasteiger partial charge in [0.2, 0.25) is 15.9 Å². The molecule has 2 aliphatic rings. The highest BCUT2D eigenvalue weighted by molar-refractivity contribution is 7.89. The molecule has 0 aromatic carbocycles. The van der Waals surface area contributed by atoms with Crippen LogP contribution in [-0.2, 0) is 10.0 Å². The van der Waals surface area contributed by atoms with E-state index in [9.17, 15) is 8.42 Å². The third kappa shape index (κ3) is 3.67. The van der Waals surface area contributed by atoms with E-state index < -0.39 is 10.0 Å². The van der Waals surface area contributed by atoms with Gasteiger partial charge in [-0.2, -0.15) is 0 Å². The Hall–Kier alpha value is -1.18. The van der Waals surface area contributed by atoms with Crippen molar-refractivity contribution in [3.8, 4) is 5.88 Å². The first-order valence-corrected chi connectivity index (χ1v) is 9.78. The van der Waals surface area contributed by atoms with Crippen LogP contribution in [-0.4, -0.2) is 50.6 Å². The third-order valence-electron chi connectivity index (χ3n) is 4.86. The van der Waals surface area contributed by atoms with Crippen LogP contribution < -0.4 is 9.46 Å². The molecule has 0 spiro atoms. The van der Waals surface area contributed by atoms with E-state index in [1.54, 1.807) is 12.1 Å². The van der Waals surface area contributed by atoms with Gasteiger partial charge in [0, 0.05) is 18.3 Å². The SMILES string of the molecule is COc1ncccc1S(=O)(=O)NC1(CN2CCCCC2)CCC1. The Balaban J connectivity index is 1.77. The van der Waals surface area contributed by atoms with Crippen molar-refractivity contribution in [2.75, 3.05) is 26.7 Å². The fraction of sp³-hybridized carbons (Fsp3) is 0.688. The first kappa shape index (κ1) is 16.7.